The molecule has 0 aliphatic rings. The van der Waals surface area contributed by atoms with Crippen LogP contribution in [-0.2, 0) is 71.7 Å². The third kappa shape index (κ3) is 18.4. The third-order valence-corrected chi connectivity index (χ3v) is 4.81. The van der Waals surface area contributed by atoms with Gasteiger partial charge in [0.25, 0.3) is 0 Å². The van der Waals surface area contributed by atoms with Crippen LogP contribution >= 0.6 is 0 Å². The standard InChI is InChI=1S/3C8H10O8/c3*1-4(9)16-8(7(14)15,2-5(10)11)3-6(12)13/h3*2-3H2,1H3,(H,10,11)(H,12,13)(H,14,15). The molecule has 0 unspecified atom stereocenters. The monoisotopic (exact) mass is 702 g/mol. The molecule has 0 rings (SSSR count). The molecule has 0 fully saturated rings. The van der Waals surface area contributed by atoms with Gasteiger partial charge in [-0.3, -0.25) is 43.2 Å². The average Bonchev–Trinajstić information content (AvgIpc) is 2.80. The maximum absolute atomic E-state index is 10.8. The molecule has 24 heteroatoms. The highest BCUT2D eigenvalue weighted by Gasteiger charge is 2.48. The highest BCUT2D eigenvalue weighted by Crippen LogP contribution is 2.24. The molecule has 0 radical (unpaired) electrons. The Morgan fingerprint density at radius 2 is 0.458 bits per heavy atom. The van der Waals surface area contributed by atoms with Gasteiger partial charge in [-0.1, -0.05) is 0 Å². The van der Waals surface area contributed by atoms with Gasteiger partial charge in [-0.05, 0) is 0 Å². The fourth-order valence-corrected chi connectivity index (χ4v) is 3.28. The number of carbonyl (C=O) groups excluding carboxylic acids is 3. The Morgan fingerprint density at radius 1 is 0.333 bits per heavy atom. The van der Waals surface area contributed by atoms with Gasteiger partial charge >= 0.3 is 71.6 Å². The van der Waals surface area contributed by atoms with Gasteiger partial charge in [-0.15, -0.1) is 0 Å². The quantitative estimate of drug-likeness (QED) is 0.0549. The summed E-state index contributed by atoms with van der Waals surface area (Å²) in [6.07, 6.45) is -6.70. The molecule has 0 saturated heterocycles. The van der Waals surface area contributed by atoms with Crippen LogP contribution in [0.3, 0.4) is 0 Å². The van der Waals surface area contributed by atoms with Gasteiger partial charge in [-0.2, -0.15) is 0 Å². The second kappa shape index (κ2) is 19.9. The topological polar surface area (TPSA) is 415 Å². The smallest absolute Gasteiger partial charge is 0.349 e. The van der Waals surface area contributed by atoms with Crippen LogP contribution in [0.25, 0.3) is 0 Å². The van der Waals surface area contributed by atoms with Crippen molar-refractivity contribution in [1.29, 1.82) is 0 Å². The maximum Gasteiger partial charge on any atom is 0.349 e. The molecular formula is C24H30O24. The van der Waals surface area contributed by atoms with E-state index in [9.17, 15) is 57.5 Å². The normalized spacial score (nSPS) is 10.6. The molecule has 0 aromatic rings. The average molecular weight is 702 g/mol. The Kier molecular flexibility index (Phi) is 19.1. The second-order valence-corrected chi connectivity index (χ2v) is 9.10. The number of esters is 3. The van der Waals surface area contributed by atoms with Gasteiger partial charge < -0.3 is 60.2 Å². The fraction of sp³-hybridized carbons (Fsp3) is 0.500. The Hall–Kier alpha value is -6.36. The van der Waals surface area contributed by atoms with E-state index in [1.807, 2.05) is 0 Å². The molecule has 0 aliphatic carbocycles. The number of carbonyl (C=O) groups is 12. The summed E-state index contributed by atoms with van der Waals surface area (Å²) < 4.78 is 13.0. The highest BCUT2D eigenvalue weighted by molar-refractivity contribution is 5.92. The van der Waals surface area contributed by atoms with Crippen molar-refractivity contribution in [2.75, 3.05) is 0 Å². The van der Waals surface area contributed by atoms with Crippen molar-refractivity contribution >= 4 is 71.6 Å². The van der Waals surface area contributed by atoms with Crippen LogP contribution in [0, 0.1) is 0 Å². The molecular weight excluding hydrogens is 672 g/mol. The zero-order valence-electron chi connectivity index (χ0n) is 24.9. The Morgan fingerprint density at radius 3 is 0.521 bits per heavy atom. The number of carboxylic acids is 9. The van der Waals surface area contributed by atoms with E-state index in [1.165, 1.54) is 0 Å². The van der Waals surface area contributed by atoms with Gasteiger partial charge in [-0.25, -0.2) is 14.4 Å². The zero-order chi connectivity index (χ0) is 38.8. The minimum Gasteiger partial charge on any atom is -0.481 e. The molecule has 48 heavy (non-hydrogen) atoms. The van der Waals surface area contributed by atoms with Gasteiger partial charge in [0.2, 0.25) is 16.8 Å². The van der Waals surface area contributed by atoms with E-state index >= 15 is 0 Å². The number of rotatable bonds is 18. The van der Waals surface area contributed by atoms with Crippen molar-refractivity contribution in [2.45, 2.75) is 76.1 Å². The van der Waals surface area contributed by atoms with E-state index in [0.717, 1.165) is 20.8 Å². The Labute approximate surface area is 266 Å². The van der Waals surface area contributed by atoms with E-state index in [2.05, 4.69) is 14.2 Å². The van der Waals surface area contributed by atoms with Crippen LogP contribution in [0.5, 0.6) is 0 Å². The van der Waals surface area contributed by atoms with E-state index < -0.39 is 127 Å². The Bertz CT molecular complexity index is 1030. The fourth-order valence-electron chi connectivity index (χ4n) is 3.28. The minimum atomic E-state index is -2.57. The first-order chi connectivity index (χ1) is 21.6. The van der Waals surface area contributed by atoms with Crippen molar-refractivity contribution < 1.29 is 118 Å². The summed E-state index contributed by atoms with van der Waals surface area (Å²) in [4.78, 5) is 127. The second-order valence-electron chi connectivity index (χ2n) is 9.10. The van der Waals surface area contributed by atoms with Gasteiger partial charge in [0.15, 0.2) is 0 Å². The molecule has 0 aromatic carbocycles. The molecule has 0 heterocycles. The van der Waals surface area contributed by atoms with E-state index in [1.54, 1.807) is 0 Å². The van der Waals surface area contributed by atoms with Crippen molar-refractivity contribution in [3.8, 4) is 0 Å². The zero-order valence-corrected chi connectivity index (χ0v) is 24.9. The highest BCUT2D eigenvalue weighted by atomic mass is 16.6. The first-order valence-electron chi connectivity index (χ1n) is 12.2. The number of hydrogen-bond acceptors (Lipinski definition) is 15. The molecule has 24 nitrogen and oxygen atoms in total. The molecule has 0 aromatic heterocycles. The Balaban J connectivity index is -0.000000633. The first-order valence-corrected chi connectivity index (χ1v) is 12.2. The van der Waals surface area contributed by atoms with Gasteiger partial charge in [0.1, 0.15) is 0 Å². The summed E-state index contributed by atoms with van der Waals surface area (Å²) in [5.41, 5.74) is -7.70. The molecule has 9 N–H and O–H groups in total. The van der Waals surface area contributed by atoms with Crippen LogP contribution in [-0.4, -0.2) is 134 Å². The van der Waals surface area contributed by atoms with E-state index in [0.29, 0.717) is 0 Å². The summed E-state index contributed by atoms with van der Waals surface area (Å²) in [7, 11) is 0. The number of aliphatic carboxylic acids is 9. The first kappa shape index (κ1) is 46.1. The SMILES string of the molecule is CC(=O)OC(CC(=O)O)(CC(=O)O)C(=O)O.CC(=O)OC(CC(=O)O)(CC(=O)O)C(=O)O.CC(=O)OC(CC(=O)O)(CC(=O)O)C(=O)O. The summed E-state index contributed by atoms with van der Waals surface area (Å²) in [6, 6.07) is 0. The van der Waals surface area contributed by atoms with Crippen LogP contribution in [0.1, 0.15) is 59.3 Å². The van der Waals surface area contributed by atoms with E-state index in [4.69, 9.17) is 46.0 Å². The lowest BCUT2D eigenvalue weighted by atomic mass is 9.95. The van der Waals surface area contributed by atoms with Crippen LogP contribution < -0.4 is 0 Å². The van der Waals surface area contributed by atoms with Crippen molar-refractivity contribution in [3.05, 3.63) is 0 Å². The van der Waals surface area contributed by atoms with Crippen molar-refractivity contribution in [2.24, 2.45) is 0 Å². The van der Waals surface area contributed by atoms with E-state index in [-0.39, 0.29) is 0 Å². The van der Waals surface area contributed by atoms with Crippen LogP contribution in [0.2, 0.25) is 0 Å². The van der Waals surface area contributed by atoms with Crippen molar-refractivity contribution in [1.82, 2.24) is 0 Å². The van der Waals surface area contributed by atoms with Gasteiger partial charge in [0, 0.05) is 20.8 Å². The molecule has 0 saturated carbocycles. The molecule has 0 atom stereocenters. The predicted octanol–water partition coefficient (Wildman–Crippen LogP) is -2.03. The van der Waals surface area contributed by atoms with Crippen LogP contribution in [0.4, 0.5) is 0 Å². The van der Waals surface area contributed by atoms with Crippen LogP contribution in [0.15, 0.2) is 0 Å². The number of carboxylic acid groups (broad SMARTS) is 9. The lowest BCUT2D eigenvalue weighted by Gasteiger charge is -2.25. The summed E-state index contributed by atoms with van der Waals surface area (Å²) in [6.45, 7) is 2.59. The molecule has 0 amide bonds. The number of ether oxygens (including phenoxy) is 3. The largest absolute Gasteiger partial charge is 0.481 e. The summed E-state index contributed by atoms with van der Waals surface area (Å²) >= 11 is 0. The minimum absolute atomic E-state index is 0.862. The molecule has 0 bridgehead atoms. The molecule has 0 aliphatic heterocycles. The molecule has 0 spiro atoms. The summed E-state index contributed by atoms with van der Waals surface area (Å²) in [5.74, 6) is -18.1. The summed E-state index contributed by atoms with van der Waals surface area (Å²) in [5, 5.41) is 77.2. The maximum atomic E-state index is 10.8. The number of hydrogen-bond donors (Lipinski definition) is 9. The lowest BCUT2D eigenvalue weighted by Crippen LogP contribution is -2.46. The predicted molar refractivity (Wildman–Crippen MR) is 140 cm³/mol. The molecule has 270 valence electrons. The lowest BCUT2D eigenvalue weighted by molar-refractivity contribution is -0.185. The van der Waals surface area contributed by atoms with Gasteiger partial charge in [0.05, 0.1) is 38.5 Å². The third-order valence-electron chi connectivity index (χ3n) is 4.81. The van der Waals surface area contributed by atoms with Crippen molar-refractivity contribution in [3.63, 3.8) is 0 Å².